The Bertz CT molecular complexity index is 915. The minimum Gasteiger partial charge on any atom is -0.393 e. The van der Waals surface area contributed by atoms with Gasteiger partial charge in [-0.15, -0.1) is 0 Å². The molecule has 0 saturated heterocycles. The highest BCUT2D eigenvalue weighted by atomic mass is 19.1. The Kier molecular flexibility index (Phi) is 4.40. The quantitative estimate of drug-likeness (QED) is 0.489. The number of rotatable bonds is 1. The number of halogens is 1. The molecule has 154 valence electrons. The van der Waals surface area contributed by atoms with E-state index in [0.29, 0.717) is 17.8 Å². The predicted molar refractivity (Wildman–Crippen MR) is 112 cm³/mol. The summed E-state index contributed by atoms with van der Waals surface area (Å²) in [6.45, 7) is 4.58. The van der Waals surface area contributed by atoms with Crippen molar-refractivity contribution in [3.8, 4) is 0 Å². The molecular weight excluding hydrogens is 363 g/mol. The number of ketones is 1. The van der Waals surface area contributed by atoms with Gasteiger partial charge in [0.2, 0.25) is 0 Å². The molecule has 29 heavy (non-hydrogen) atoms. The topological polar surface area (TPSA) is 37.3 Å². The standard InChI is InChI=1S/C26H31FO2/c1-25-10-8-20(28)15-18(25)6-7-21-22(25)9-11-26(2)23(21)14-17(24(26)29)12-16-4-3-5-19(27)13-16/h3-6,12-13,20-23,28H,7-11,14-15H2,1-2H3/t20-,21-,22+,23-,25-,26-/m1/s1. The van der Waals surface area contributed by atoms with Gasteiger partial charge in [0, 0.05) is 5.41 Å². The number of Topliss-reactive ketones (excluding diaryl/α,β-unsaturated/α-hetero) is 1. The van der Waals surface area contributed by atoms with Crippen molar-refractivity contribution in [2.24, 2.45) is 28.6 Å². The number of allylic oxidation sites excluding steroid dienone is 2. The summed E-state index contributed by atoms with van der Waals surface area (Å²) < 4.78 is 13.6. The van der Waals surface area contributed by atoms with Crippen molar-refractivity contribution in [3.05, 3.63) is 52.9 Å². The van der Waals surface area contributed by atoms with Gasteiger partial charge >= 0.3 is 0 Å². The number of carbonyl (C=O) groups is 1. The van der Waals surface area contributed by atoms with Gasteiger partial charge in [-0.3, -0.25) is 4.79 Å². The van der Waals surface area contributed by atoms with Crippen molar-refractivity contribution < 1.29 is 14.3 Å². The lowest BCUT2D eigenvalue weighted by Crippen LogP contribution is -2.50. The zero-order valence-corrected chi connectivity index (χ0v) is 17.5. The molecule has 2 nitrogen and oxygen atoms in total. The fourth-order valence-electron chi connectivity index (χ4n) is 7.24. The van der Waals surface area contributed by atoms with E-state index in [4.69, 9.17) is 0 Å². The van der Waals surface area contributed by atoms with Crippen LogP contribution in [0.1, 0.15) is 64.4 Å². The van der Waals surface area contributed by atoms with Gasteiger partial charge in [0.15, 0.2) is 5.78 Å². The number of carbonyl (C=O) groups excluding carboxylic acids is 1. The first-order valence-corrected chi connectivity index (χ1v) is 11.2. The van der Waals surface area contributed by atoms with E-state index in [2.05, 4.69) is 19.9 Å². The van der Waals surface area contributed by atoms with Crippen LogP contribution in [0, 0.1) is 34.4 Å². The molecule has 6 atom stereocenters. The maximum absolute atomic E-state index is 13.6. The highest BCUT2D eigenvalue weighted by molar-refractivity contribution is 6.05. The highest BCUT2D eigenvalue weighted by Crippen LogP contribution is 2.64. The lowest BCUT2D eigenvalue weighted by molar-refractivity contribution is -0.130. The molecule has 0 unspecified atom stereocenters. The van der Waals surface area contributed by atoms with Gasteiger partial charge in [-0.25, -0.2) is 4.39 Å². The lowest BCUT2D eigenvalue weighted by Gasteiger charge is -2.56. The summed E-state index contributed by atoms with van der Waals surface area (Å²) in [5.74, 6) is 1.53. The highest BCUT2D eigenvalue weighted by Gasteiger charge is 2.59. The van der Waals surface area contributed by atoms with Crippen LogP contribution in [-0.2, 0) is 4.79 Å². The maximum Gasteiger partial charge on any atom is 0.165 e. The molecule has 0 heterocycles. The molecule has 3 fully saturated rings. The first-order valence-electron chi connectivity index (χ1n) is 11.2. The van der Waals surface area contributed by atoms with Gasteiger partial charge in [0.25, 0.3) is 0 Å². The van der Waals surface area contributed by atoms with E-state index in [1.165, 1.54) is 17.7 Å². The molecule has 0 bridgehead atoms. The minimum absolute atomic E-state index is 0.182. The first-order chi connectivity index (χ1) is 13.8. The Balaban J connectivity index is 1.48. The smallest absolute Gasteiger partial charge is 0.165 e. The summed E-state index contributed by atoms with van der Waals surface area (Å²) in [6, 6.07) is 6.54. The van der Waals surface area contributed by atoms with Crippen molar-refractivity contribution in [1.29, 1.82) is 0 Å². The predicted octanol–water partition coefficient (Wildman–Crippen LogP) is 5.71. The van der Waals surface area contributed by atoms with Crippen molar-refractivity contribution in [2.75, 3.05) is 0 Å². The van der Waals surface area contributed by atoms with E-state index >= 15 is 0 Å². The SMILES string of the molecule is C[C@@]12CC[C@H]3[C@@H](CC=C4C[C@H](O)CC[C@]43C)[C@H]1CC(=Cc1cccc(F)c1)C2=O. The maximum atomic E-state index is 13.6. The molecule has 0 aliphatic heterocycles. The number of aliphatic hydroxyl groups excluding tert-OH is 1. The second kappa shape index (κ2) is 6.63. The number of aliphatic hydroxyl groups is 1. The van der Waals surface area contributed by atoms with E-state index in [1.807, 2.05) is 12.1 Å². The van der Waals surface area contributed by atoms with E-state index < -0.39 is 0 Å². The van der Waals surface area contributed by atoms with Gasteiger partial charge in [0.1, 0.15) is 5.82 Å². The Morgan fingerprint density at radius 1 is 1.10 bits per heavy atom. The fourth-order valence-corrected chi connectivity index (χ4v) is 7.24. The molecule has 0 amide bonds. The molecule has 0 radical (unpaired) electrons. The van der Waals surface area contributed by atoms with E-state index in [-0.39, 0.29) is 28.5 Å². The molecule has 4 aliphatic carbocycles. The van der Waals surface area contributed by atoms with Crippen molar-refractivity contribution in [3.63, 3.8) is 0 Å². The van der Waals surface area contributed by atoms with Crippen molar-refractivity contribution in [1.82, 2.24) is 0 Å². The average molecular weight is 395 g/mol. The summed E-state index contributed by atoms with van der Waals surface area (Å²) in [5.41, 5.74) is 3.02. The van der Waals surface area contributed by atoms with Crippen LogP contribution in [0.5, 0.6) is 0 Å². The first kappa shape index (κ1) is 19.2. The van der Waals surface area contributed by atoms with E-state index in [9.17, 15) is 14.3 Å². The monoisotopic (exact) mass is 394 g/mol. The summed E-state index contributed by atoms with van der Waals surface area (Å²) in [7, 11) is 0. The summed E-state index contributed by atoms with van der Waals surface area (Å²) in [4.78, 5) is 13.4. The molecule has 0 aromatic heterocycles. The van der Waals surface area contributed by atoms with Crippen LogP contribution < -0.4 is 0 Å². The molecule has 3 heteroatoms. The van der Waals surface area contributed by atoms with Crippen LogP contribution in [-0.4, -0.2) is 17.0 Å². The molecule has 5 rings (SSSR count). The van der Waals surface area contributed by atoms with Gasteiger partial charge in [-0.2, -0.15) is 0 Å². The van der Waals surface area contributed by atoms with E-state index in [0.717, 1.165) is 56.1 Å². The van der Waals surface area contributed by atoms with Crippen LogP contribution in [0.25, 0.3) is 6.08 Å². The van der Waals surface area contributed by atoms with Gasteiger partial charge in [-0.1, -0.05) is 37.6 Å². The zero-order valence-electron chi connectivity index (χ0n) is 17.5. The summed E-state index contributed by atoms with van der Waals surface area (Å²) in [5, 5.41) is 10.2. The third-order valence-corrected chi connectivity index (χ3v) is 8.91. The number of hydrogen-bond acceptors (Lipinski definition) is 2. The number of benzene rings is 1. The third-order valence-electron chi connectivity index (χ3n) is 8.91. The second-order valence-corrected chi connectivity index (χ2v) is 10.4. The van der Waals surface area contributed by atoms with Crippen molar-refractivity contribution in [2.45, 2.75) is 64.9 Å². The molecule has 4 aliphatic rings. The van der Waals surface area contributed by atoms with Crippen molar-refractivity contribution >= 4 is 11.9 Å². The normalized spacial score (nSPS) is 42.8. The molecule has 1 aromatic carbocycles. The minimum atomic E-state index is -0.282. The Labute approximate surface area is 172 Å². The summed E-state index contributed by atoms with van der Waals surface area (Å²) >= 11 is 0. The fraction of sp³-hybridized carbons (Fsp3) is 0.577. The van der Waals surface area contributed by atoms with Crippen LogP contribution in [0.15, 0.2) is 41.5 Å². The molecule has 3 saturated carbocycles. The second-order valence-electron chi connectivity index (χ2n) is 10.4. The number of hydrogen-bond donors (Lipinski definition) is 1. The van der Waals surface area contributed by atoms with Crippen LogP contribution in [0.4, 0.5) is 4.39 Å². The Hall–Kier alpha value is -1.74. The van der Waals surface area contributed by atoms with Gasteiger partial charge in [0.05, 0.1) is 6.10 Å². The largest absolute Gasteiger partial charge is 0.393 e. The zero-order chi connectivity index (χ0) is 20.4. The van der Waals surface area contributed by atoms with E-state index in [1.54, 1.807) is 6.07 Å². The molecule has 1 N–H and O–H groups in total. The molecular formula is C26H31FO2. The average Bonchev–Trinajstić information content (AvgIpc) is 2.93. The summed E-state index contributed by atoms with van der Waals surface area (Å²) in [6.07, 6.45) is 10.8. The van der Waals surface area contributed by atoms with Crippen LogP contribution >= 0.6 is 0 Å². The Morgan fingerprint density at radius 3 is 2.69 bits per heavy atom. The third kappa shape index (κ3) is 2.88. The van der Waals surface area contributed by atoms with Gasteiger partial charge in [-0.05, 0) is 97.5 Å². The lowest BCUT2D eigenvalue weighted by atomic mass is 9.48. The van der Waals surface area contributed by atoms with Crippen LogP contribution in [0.3, 0.4) is 0 Å². The van der Waals surface area contributed by atoms with Gasteiger partial charge < -0.3 is 5.11 Å². The number of fused-ring (bicyclic) bond motifs is 5. The van der Waals surface area contributed by atoms with Crippen LogP contribution in [0.2, 0.25) is 0 Å². The Morgan fingerprint density at radius 2 is 1.90 bits per heavy atom. The molecule has 0 spiro atoms. The molecule has 1 aromatic rings.